The number of hydrogen-bond acceptors (Lipinski definition) is 5. The molecule has 1 N–H and O–H groups in total. The maximum absolute atomic E-state index is 13.2. The minimum Gasteiger partial charge on any atom is -0.344 e. The number of carbonyl (C=O) groups excluding carboxylic acids is 3. The first-order chi connectivity index (χ1) is 13.1. The molecule has 4 rings (SSSR count). The van der Waals surface area contributed by atoms with Crippen LogP contribution in [0.4, 0.5) is 0 Å². The molecule has 2 unspecified atom stereocenters. The molecule has 3 fully saturated rings. The standard InChI is InChI=1S/C20H29N5O3/c1-12-8-22-16(9-21-12)18(27)24-10-15-7-6-14(24)11-25(15)19(28)17(20(3,4)5)23-13(2)26/h8-9,14-15,17H,6-7,10-11H2,1-5H3,(H,23,26)/t14?,15?,17-/m1/s1. The quantitative estimate of drug-likeness (QED) is 0.839. The van der Waals surface area contributed by atoms with E-state index in [9.17, 15) is 14.4 Å². The average molecular weight is 387 g/mol. The summed E-state index contributed by atoms with van der Waals surface area (Å²) >= 11 is 0. The molecule has 4 heterocycles. The third kappa shape index (κ3) is 4.00. The molecule has 0 radical (unpaired) electrons. The first-order valence-electron chi connectivity index (χ1n) is 9.75. The summed E-state index contributed by atoms with van der Waals surface area (Å²) in [6.45, 7) is 10.1. The van der Waals surface area contributed by atoms with E-state index < -0.39 is 11.5 Å². The molecule has 152 valence electrons. The summed E-state index contributed by atoms with van der Waals surface area (Å²) in [6.07, 6.45) is 4.82. The monoisotopic (exact) mass is 387 g/mol. The molecule has 3 atom stereocenters. The van der Waals surface area contributed by atoms with Crippen LogP contribution in [-0.2, 0) is 9.59 Å². The predicted molar refractivity (Wildman–Crippen MR) is 103 cm³/mol. The van der Waals surface area contributed by atoms with Crippen molar-refractivity contribution in [2.24, 2.45) is 5.41 Å². The van der Waals surface area contributed by atoms with Crippen molar-refractivity contribution >= 4 is 17.7 Å². The van der Waals surface area contributed by atoms with E-state index in [1.54, 1.807) is 6.20 Å². The summed E-state index contributed by atoms with van der Waals surface area (Å²) in [7, 11) is 0. The van der Waals surface area contributed by atoms with Gasteiger partial charge in [-0.2, -0.15) is 0 Å². The van der Waals surface area contributed by atoms with Crippen molar-refractivity contribution < 1.29 is 14.4 Å². The maximum atomic E-state index is 13.2. The van der Waals surface area contributed by atoms with E-state index in [1.807, 2.05) is 37.5 Å². The highest BCUT2D eigenvalue weighted by atomic mass is 16.2. The van der Waals surface area contributed by atoms with Crippen molar-refractivity contribution in [2.45, 2.75) is 65.6 Å². The highest BCUT2D eigenvalue weighted by molar-refractivity contribution is 5.93. The fourth-order valence-corrected chi connectivity index (χ4v) is 4.01. The molecule has 3 aliphatic rings. The normalized spacial score (nSPS) is 22.8. The number of amides is 3. The van der Waals surface area contributed by atoms with Gasteiger partial charge in [0.05, 0.1) is 11.9 Å². The number of rotatable bonds is 3. The largest absolute Gasteiger partial charge is 0.344 e. The average Bonchev–Trinajstić information content (AvgIpc) is 2.65. The van der Waals surface area contributed by atoms with E-state index in [1.165, 1.54) is 13.1 Å². The van der Waals surface area contributed by atoms with Crippen molar-refractivity contribution in [3.05, 3.63) is 23.8 Å². The fourth-order valence-electron chi connectivity index (χ4n) is 4.01. The van der Waals surface area contributed by atoms with Gasteiger partial charge in [-0.05, 0) is 25.2 Å². The highest BCUT2D eigenvalue weighted by Gasteiger charge is 2.46. The van der Waals surface area contributed by atoms with Gasteiger partial charge in [-0.1, -0.05) is 20.8 Å². The second kappa shape index (κ2) is 7.48. The number of aromatic nitrogens is 2. The van der Waals surface area contributed by atoms with Crippen LogP contribution in [0.5, 0.6) is 0 Å². The molecule has 8 nitrogen and oxygen atoms in total. The summed E-state index contributed by atoms with van der Waals surface area (Å²) in [6, 6.07) is -0.669. The molecule has 3 saturated heterocycles. The Morgan fingerprint density at radius 3 is 2.14 bits per heavy atom. The smallest absolute Gasteiger partial charge is 0.274 e. The number of nitrogens with one attached hydrogen (secondary N) is 1. The van der Waals surface area contributed by atoms with Crippen LogP contribution >= 0.6 is 0 Å². The van der Waals surface area contributed by atoms with E-state index in [0.29, 0.717) is 18.8 Å². The SMILES string of the molecule is CC(=O)N[C@H](C(=O)N1CC2CCC1CN2C(=O)c1cnc(C)cn1)C(C)(C)C. The van der Waals surface area contributed by atoms with Crippen LogP contribution in [0.1, 0.15) is 56.7 Å². The second-order valence-electron chi connectivity index (χ2n) is 8.88. The predicted octanol–water partition coefficient (Wildman–Crippen LogP) is 1.15. The van der Waals surface area contributed by atoms with Gasteiger partial charge in [0, 0.05) is 38.3 Å². The first kappa shape index (κ1) is 20.2. The summed E-state index contributed by atoms with van der Waals surface area (Å²) in [5, 5.41) is 2.81. The van der Waals surface area contributed by atoms with Gasteiger partial charge in [-0.15, -0.1) is 0 Å². The molecule has 0 spiro atoms. The first-order valence-corrected chi connectivity index (χ1v) is 9.75. The number of aryl methyl sites for hydroxylation is 1. The Morgan fingerprint density at radius 1 is 1.07 bits per heavy atom. The Hall–Kier alpha value is -2.51. The molecule has 0 aliphatic carbocycles. The van der Waals surface area contributed by atoms with Crippen molar-refractivity contribution in [3.8, 4) is 0 Å². The minimum absolute atomic E-state index is 0.0394. The molecular weight excluding hydrogens is 358 g/mol. The minimum atomic E-state index is -0.587. The van der Waals surface area contributed by atoms with Crippen LogP contribution in [0.3, 0.4) is 0 Å². The van der Waals surface area contributed by atoms with Crippen LogP contribution < -0.4 is 5.32 Å². The summed E-state index contributed by atoms with van der Waals surface area (Å²) < 4.78 is 0. The van der Waals surface area contributed by atoms with Crippen molar-refractivity contribution in [1.82, 2.24) is 25.1 Å². The van der Waals surface area contributed by atoms with E-state index in [4.69, 9.17) is 0 Å². The van der Waals surface area contributed by atoms with Crippen LogP contribution in [0.15, 0.2) is 12.4 Å². The van der Waals surface area contributed by atoms with Gasteiger partial charge in [0.1, 0.15) is 11.7 Å². The summed E-state index contributed by atoms with van der Waals surface area (Å²) in [4.78, 5) is 49.8. The van der Waals surface area contributed by atoms with Crippen molar-refractivity contribution in [1.29, 1.82) is 0 Å². The topological polar surface area (TPSA) is 95.5 Å². The lowest BCUT2D eigenvalue weighted by Gasteiger charge is -2.52. The number of fused-ring (bicyclic) bond motifs is 3. The van der Waals surface area contributed by atoms with Gasteiger partial charge in [0.15, 0.2) is 0 Å². The zero-order valence-corrected chi connectivity index (χ0v) is 17.2. The third-order valence-corrected chi connectivity index (χ3v) is 5.53. The summed E-state index contributed by atoms with van der Waals surface area (Å²) in [5.41, 5.74) is 0.702. The van der Waals surface area contributed by atoms with Crippen LogP contribution in [-0.4, -0.2) is 68.7 Å². The number of carbonyl (C=O) groups is 3. The van der Waals surface area contributed by atoms with E-state index in [-0.39, 0.29) is 29.8 Å². The maximum Gasteiger partial charge on any atom is 0.274 e. The molecule has 1 aromatic rings. The van der Waals surface area contributed by atoms with Gasteiger partial charge in [0.2, 0.25) is 11.8 Å². The molecule has 1 aromatic heterocycles. The number of piperazine rings is 1. The van der Waals surface area contributed by atoms with E-state index in [0.717, 1.165) is 18.5 Å². The molecular formula is C20H29N5O3. The van der Waals surface area contributed by atoms with Gasteiger partial charge < -0.3 is 15.1 Å². The summed E-state index contributed by atoms with van der Waals surface area (Å²) in [5.74, 6) is -0.423. The van der Waals surface area contributed by atoms with Gasteiger partial charge in [0.25, 0.3) is 5.91 Å². The zero-order valence-electron chi connectivity index (χ0n) is 17.2. The van der Waals surface area contributed by atoms with Crippen LogP contribution in [0.2, 0.25) is 0 Å². The van der Waals surface area contributed by atoms with Crippen molar-refractivity contribution in [2.75, 3.05) is 13.1 Å². The molecule has 8 heteroatoms. The third-order valence-electron chi connectivity index (χ3n) is 5.53. The molecule has 0 saturated carbocycles. The second-order valence-corrected chi connectivity index (χ2v) is 8.88. The zero-order chi connectivity index (χ0) is 20.6. The van der Waals surface area contributed by atoms with Gasteiger partial charge in [-0.3, -0.25) is 19.4 Å². The van der Waals surface area contributed by atoms with Gasteiger partial charge in [-0.25, -0.2) is 4.98 Å². The number of hydrogen-bond donors (Lipinski definition) is 1. The highest BCUT2D eigenvalue weighted by Crippen LogP contribution is 2.32. The molecule has 3 aliphatic heterocycles. The van der Waals surface area contributed by atoms with Crippen molar-refractivity contribution in [3.63, 3.8) is 0 Å². The van der Waals surface area contributed by atoms with E-state index in [2.05, 4.69) is 15.3 Å². The fraction of sp³-hybridized carbons (Fsp3) is 0.650. The Kier molecular flexibility index (Phi) is 5.41. The molecule has 2 bridgehead atoms. The Labute approximate surface area is 165 Å². The Balaban J connectivity index is 1.75. The van der Waals surface area contributed by atoms with Crippen LogP contribution in [0.25, 0.3) is 0 Å². The van der Waals surface area contributed by atoms with E-state index >= 15 is 0 Å². The lowest BCUT2D eigenvalue weighted by Crippen LogP contribution is -2.68. The Bertz CT molecular complexity index is 771. The lowest BCUT2D eigenvalue weighted by molar-refractivity contribution is -0.147. The molecule has 0 aromatic carbocycles. The van der Waals surface area contributed by atoms with Gasteiger partial charge >= 0.3 is 0 Å². The molecule has 3 amide bonds. The van der Waals surface area contributed by atoms with Crippen LogP contribution in [0, 0.1) is 12.3 Å². The number of piperidine rings is 2. The Morgan fingerprint density at radius 2 is 1.68 bits per heavy atom. The molecule has 28 heavy (non-hydrogen) atoms. The lowest BCUT2D eigenvalue weighted by atomic mass is 9.83. The number of nitrogens with zero attached hydrogens (tertiary/aromatic N) is 4.